The Morgan fingerprint density at radius 3 is 2.43 bits per heavy atom. The summed E-state index contributed by atoms with van der Waals surface area (Å²) >= 11 is 0. The summed E-state index contributed by atoms with van der Waals surface area (Å²) in [4.78, 5) is 14.5. The van der Waals surface area contributed by atoms with E-state index in [0.29, 0.717) is 18.7 Å². The third-order valence-electron chi connectivity index (χ3n) is 3.51. The van der Waals surface area contributed by atoms with Gasteiger partial charge in [-0.1, -0.05) is 24.3 Å². The molecular weight excluding hydrogens is 260 g/mol. The normalized spacial score (nSPS) is 10.4. The highest BCUT2D eigenvalue weighted by molar-refractivity contribution is 6.06. The molecule has 2 aromatic carbocycles. The zero-order valence-corrected chi connectivity index (χ0v) is 12.7. The Morgan fingerprint density at radius 2 is 1.86 bits per heavy atom. The van der Waals surface area contributed by atoms with Gasteiger partial charge in [0.15, 0.2) is 0 Å². The minimum Gasteiger partial charge on any atom is -0.330 e. The van der Waals surface area contributed by atoms with E-state index in [0.717, 1.165) is 23.2 Å². The lowest BCUT2D eigenvalue weighted by atomic mass is 10.1. The lowest BCUT2D eigenvalue weighted by Gasteiger charge is -2.21. The van der Waals surface area contributed by atoms with Crippen molar-refractivity contribution in [3.63, 3.8) is 0 Å². The van der Waals surface area contributed by atoms with Gasteiger partial charge in [0.25, 0.3) is 5.91 Å². The fourth-order valence-electron chi connectivity index (χ4n) is 2.38. The van der Waals surface area contributed by atoms with E-state index in [1.807, 2.05) is 62.4 Å². The van der Waals surface area contributed by atoms with Gasteiger partial charge in [-0.2, -0.15) is 0 Å². The van der Waals surface area contributed by atoms with Crippen LogP contribution in [0.15, 0.2) is 48.5 Å². The number of hydrogen-bond acceptors (Lipinski definition) is 2. The second kappa shape index (κ2) is 7.04. The molecule has 1 amide bonds. The van der Waals surface area contributed by atoms with E-state index < -0.39 is 0 Å². The zero-order chi connectivity index (χ0) is 15.2. The molecule has 0 unspecified atom stereocenters. The van der Waals surface area contributed by atoms with Gasteiger partial charge in [0, 0.05) is 17.8 Å². The minimum atomic E-state index is 0.0300. The van der Waals surface area contributed by atoms with Crippen LogP contribution in [0.25, 0.3) is 0 Å². The van der Waals surface area contributed by atoms with Crippen LogP contribution in [0.2, 0.25) is 0 Å². The number of anilines is 1. The molecule has 0 aliphatic heterocycles. The highest BCUT2D eigenvalue weighted by Crippen LogP contribution is 2.19. The Bertz CT molecular complexity index is 605. The van der Waals surface area contributed by atoms with Gasteiger partial charge in [-0.3, -0.25) is 4.79 Å². The molecule has 2 aromatic rings. The second-order valence-corrected chi connectivity index (χ2v) is 5.12. The van der Waals surface area contributed by atoms with Crippen molar-refractivity contribution >= 4 is 11.6 Å². The number of carbonyl (C=O) groups excluding carboxylic acids is 1. The summed E-state index contributed by atoms with van der Waals surface area (Å²) in [5.41, 5.74) is 9.50. The van der Waals surface area contributed by atoms with E-state index in [-0.39, 0.29) is 5.91 Å². The molecular formula is C18H22N2O. The van der Waals surface area contributed by atoms with E-state index in [1.165, 1.54) is 0 Å². The van der Waals surface area contributed by atoms with Gasteiger partial charge in [-0.25, -0.2) is 0 Å². The summed E-state index contributed by atoms with van der Waals surface area (Å²) < 4.78 is 0. The average molecular weight is 282 g/mol. The molecule has 3 nitrogen and oxygen atoms in total. The van der Waals surface area contributed by atoms with Crippen molar-refractivity contribution in [1.82, 2.24) is 0 Å². The molecule has 0 aromatic heterocycles. The molecule has 110 valence electrons. The number of carbonyl (C=O) groups is 1. The van der Waals surface area contributed by atoms with E-state index in [1.54, 1.807) is 4.90 Å². The molecule has 0 saturated carbocycles. The maximum Gasteiger partial charge on any atom is 0.258 e. The van der Waals surface area contributed by atoms with Crippen molar-refractivity contribution in [3.8, 4) is 0 Å². The van der Waals surface area contributed by atoms with Crippen LogP contribution in [0.1, 0.15) is 28.4 Å². The van der Waals surface area contributed by atoms with Crippen LogP contribution in [-0.2, 0) is 6.42 Å². The summed E-state index contributed by atoms with van der Waals surface area (Å²) in [5, 5.41) is 0. The number of aryl methyl sites for hydroxylation is 1. The van der Waals surface area contributed by atoms with E-state index >= 15 is 0 Å². The summed E-state index contributed by atoms with van der Waals surface area (Å²) in [6, 6.07) is 15.7. The van der Waals surface area contributed by atoms with Crippen molar-refractivity contribution < 1.29 is 4.79 Å². The fraction of sp³-hybridized carbons (Fsp3) is 0.278. The number of nitrogens with zero attached hydrogens (tertiary/aromatic N) is 1. The molecule has 0 bridgehead atoms. The SMILES string of the molecule is CCN(C(=O)c1ccc(CCN)cc1)c1cccc(C)c1. The van der Waals surface area contributed by atoms with Crippen LogP contribution in [0.3, 0.4) is 0 Å². The van der Waals surface area contributed by atoms with Crippen LogP contribution in [0, 0.1) is 6.92 Å². The van der Waals surface area contributed by atoms with Crippen molar-refractivity contribution in [2.45, 2.75) is 20.3 Å². The largest absolute Gasteiger partial charge is 0.330 e. The van der Waals surface area contributed by atoms with Gasteiger partial charge in [0.2, 0.25) is 0 Å². The Kier molecular flexibility index (Phi) is 5.12. The molecule has 0 saturated heterocycles. The number of amides is 1. The first-order chi connectivity index (χ1) is 10.2. The van der Waals surface area contributed by atoms with E-state index in [4.69, 9.17) is 5.73 Å². The first-order valence-electron chi connectivity index (χ1n) is 7.33. The monoisotopic (exact) mass is 282 g/mol. The first kappa shape index (κ1) is 15.3. The van der Waals surface area contributed by atoms with Crippen LogP contribution in [0.4, 0.5) is 5.69 Å². The third kappa shape index (κ3) is 3.70. The number of nitrogens with two attached hydrogens (primary N) is 1. The molecule has 0 heterocycles. The average Bonchev–Trinajstić information content (AvgIpc) is 2.49. The lowest BCUT2D eigenvalue weighted by molar-refractivity contribution is 0.0988. The molecule has 2 N–H and O–H groups in total. The van der Waals surface area contributed by atoms with Crippen LogP contribution < -0.4 is 10.6 Å². The quantitative estimate of drug-likeness (QED) is 0.915. The molecule has 3 heteroatoms. The molecule has 0 atom stereocenters. The van der Waals surface area contributed by atoms with Crippen molar-refractivity contribution in [3.05, 3.63) is 65.2 Å². The van der Waals surface area contributed by atoms with Crippen LogP contribution in [0.5, 0.6) is 0 Å². The summed E-state index contributed by atoms with van der Waals surface area (Å²) in [7, 11) is 0. The summed E-state index contributed by atoms with van der Waals surface area (Å²) in [6.07, 6.45) is 0.837. The predicted molar refractivity (Wildman–Crippen MR) is 87.7 cm³/mol. The standard InChI is InChI=1S/C18H22N2O/c1-3-20(17-6-4-5-14(2)13-17)18(21)16-9-7-15(8-10-16)11-12-19/h4-10,13H,3,11-12,19H2,1-2H3. The molecule has 0 spiro atoms. The second-order valence-electron chi connectivity index (χ2n) is 5.12. The van der Waals surface area contributed by atoms with Crippen molar-refractivity contribution in [1.29, 1.82) is 0 Å². The summed E-state index contributed by atoms with van der Waals surface area (Å²) in [5.74, 6) is 0.0300. The number of benzene rings is 2. The predicted octanol–water partition coefficient (Wildman–Crippen LogP) is 3.16. The Labute approximate surface area is 126 Å². The van der Waals surface area contributed by atoms with Crippen molar-refractivity contribution in [2.24, 2.45) is 5.73 Å². The molecule has 21 heavy (non-hydrogen) atoms. The van der Waals surface area contributed by atoms with Gasteiger partial charge in [0.1, 0.15) is 0 Å². The van der Waals surface area contributed by atoms with Gasteiger partial charge in [-0.05, 0) is 62.2 Å². The van der Waals surface area contributed by atoms with Gasteiger partial charge in [-0.15, -0.1) is 0 Å². The maximum absolute atomic E-state index is 12.7. The fourth-order valence-corrected chi connectivity index (χ4v) is 2.38. The highest BCUT2D eigenvalue weighted by Gasteiger charge is 2.15. The van der Waals surface area contributed by atoms with Gasteiger partial charge < -0.3 is 10.6 Å². The van der Waals surface area contributed by atoms with Crippen LogP contribution >= 0.6 is 0 Å². The minimum absolute atomic E-state index is 0.0300. The topological polar surface area (TPSA) is 46.3 Å². The maximum atomic E-state index is 12.7. The van der Waals surface area contributed by atoms with E-state index in [2.05, 4.69) is 0 Å². The molecule has 0 fully saturated rings. The number of rotatable bonds is 5. The van der Waals surface area contributed by atoms with Gasteiger partial charge in [0.05, 0.1) is 0 Å². The molecule has 2 rings (SSSR count). The van der Waals surface area contributed by atoms with Gasteiger partial charge >= 0.3 is 0 Å². The third-order valence-corrected chi connectivity index (χ3v) is 3.51. The highest BCUT2D eigenvalue weighted by atomic mass is 16.2. The zero-order valence-electron chi connectivity index (χ0n) is 12.7. The van der Waals surface area contributed by atoms with Crippen LogP contribution in [-0.4, -0.2) is 19.0 Å². The first-order valence-corrected chi connectivity index (χ1v) is 7.33. The lowest BCUT2D eigenvalue weighted by Crippen LogP contribution is -2.30. The van der Waals surface area contributed by atoms with E-state index in [9.17, 15) is 4.79 Å². The molecule has 0 aliphatic carbocycles. The summed E-state index contributed by atoms with van der Waals surface area (Å²) in [6.45, 7) is 5.29. The Morgan fingerprint density at radius 1 is 1.14 bits per heavy atom. The molecule has 0 aliphatic rings. The molecule has 0 radical (unpaired) electrons. The number of hydrogen-bond donors (Lipinski definition) is 1. The Hall–Kier alpha value is -2.13. The smallest absolute Gasteiger partial charge is 0.258 e. The van der Waals surface area contributed by atoms with Crippen molar-refractivity contribution in [2.75, 3.05) is 18.0 Å². The Balaban J connectivity index is 2.23.